The normalized spacial score (nSPS) is 15.1. The van der Waals surface area contributed by atoms with Crippen LogP contribution in [0.25, 0.3) is 0 Å². The maximum absolute atomic E-state index is 11.9. The van der Waals surface area contributed by atoms with Gasteiger partial charge in [0, 0.05) is 5.41 Å². The second-order valence-corrected chi connectivity index (χ2v) is 11.7. The molecule has 1 unspecified atom stereocenters. The number of terminal acetylenes is 1. The van der Waals surface area contributed by atoms with E-state index in [4.69, 9.17) is 10.8 Å². The van der Waals surface area contributed by atoms with E-state index in [2.05, 4.69) is 39.8 Å². The molecule has 1 atom stereocenters. The van der Waals surface area contributed by atoms with Gasteiger partial charge in [0.2, 0.25) is 5.78 Å². The summed E-state index contributed by atoms with van der Waals surface area (Å²) in [4.78, 5) is 11.9. The molecule has 0 rings (SSSR count). The maximum atomic E-state index is 11.9. The SMILES string of the molecule is C#CC(=O)C(O[Si](C)(C)C(C)(C)C)C(C)(C)CO. The number of aliphatic hydroxyl groups excluding tert-OH is 1. The van der Waals surface area contributed by atoms with Crippen molar-refractivity contribution in [2.75, 3.05) is 6.61 Å². The van der Waals surface area contributed by atoms with Crippen LogP contribution in [0.1, 0.15) is 34.6 Å². The van der Waals surface area contributed by atoms with Crippen LogP contribution in [0.2, 0.25) is 18.1 Å². The molecule has 0 aliphatic heterocycles. The van der Waals surface area contributed by atoms with Crippen LogP contribution in [0.15, 0.2) is 0 Å². The largest absolute Gasteiger partial charge is 0.405 e. The van der Waals surface area contributed by atoms with Crippen LogP contribution in [0.5, 0.6) is 0 Å². The monoisotopic (exact) mass is 270 g/mol. The zero-order valence-electron chi connectivity index (χ0n) is 12.6. The second kappa shape index (κ2) is 5.56. The summed E-state index contributed by atoms with van der Waals surface area (Å²) in [5.74, 6) is 1.74. The maximum Gasteiger partial charge on any atom is 0.233 e. The van der Waals surface area contributed by atoms with Gasteiger partial charge >= 0.3 is 0 Å². The predicted molar refractivity (Wildman–Crippen MR) is 76.8 cm³/mol. The Morgan fingerprint density at radius 1 is 1.33 bits per heavy atom. The first-order chi connectivity index (χ1) is 7.89. The molecule has 0 fully saturated rings. The quantitative estimate of drug-likeness (QED) is 0.474. The number of aliphatic hydroxyl groups is 1. The summed E-state index contributed by atoms with van der Waals surface area (Å²) in [6.45, 7) is 13.9. The number of hydrogen-bond donors (Lipinski definition) is 1. The zero-order valence-corrected chi connectivity index (χ0v) is 13.6. The number of carbonyl (C=O) groups is 1. The lowest BCUT2D eigenvalue weighted by Crippen LogP contribution is -2.51. The number of carbonyl (C=O) groups excluding carboxylic acids is 1. The molecule has 4 heteroatoms. The third-order valence-corrected chi connectivity index (χ3v) is 8.15. The molecule has 0 amide bonds. The Morgan fingerprint density at radius 2 is 1.78 bits per heavy atom. The molecule has 0 aliphatic rings. The molecular weight excluding hydrogens is 244 g/mol. The number of rotatable bonds is 5. The molecule has 18 heavy (non-hydrogen) atoms. The van der Waals surface area contributed by atoms with E-state index in [9.17, 15) is 9.90 Å². The van der Waals surface area contributed by atoms with Crippen LogP contribution in [0.3, 0.4) is 0 Å². The van der Waals surface area contributed by atoms with Gasteiger partial charge in [-0.25, -0.2) is 0 Å². The molecule has 0 aliphatic carbocycles. The van der Waals surface area contributed by atoms with Crippen molar-refractivity contribution in [2.24, 2.45) is 5.41 Å². The lowest BCUT2D eigenvalue weighted by Gasteiger charge is -2.42. The third-order valence-electron chi connectivity index (χ3n) is 3.72. The minimum Gasteiger partial charge on any atom is -0.405 e. The molecule has 104 valence electrons. The van der Waals surface area contributed by atoms with Crippen molar-refractivity contribution in [3.05, 3.63) is 0 Å². The van der Waals surface area contributed by atoms with Crippen LogP contribution in [0, 0.1) is 17.8 Å². The fourth-order valence-electron chi connectivity index (χ4n) is 1.20. The number of hydrogen-bond acceptors (Lipinski definition) is 3. The van der Waals surface area contributed by atoms with Crippen molar-refractivity contribution in [1.82, 2.24) is 0 Å². The molecule has 0 aromatic carbocycles. The Hall–Kier alpha value is -0.633. The van der Waals surface area contributed by atoms with Gasteiger partial charge in [-0.15, -0.1) is 6.42 Å². The molecule has 0 aromatic heterocycles. The highest BCUT2D eigenvalue weighted by molar-refractivity contribution is 6.74. The predicted octanol–water partition coefficient (Wildman–Crippen LogP) is 2.60. The molecule has 0 radical (unpaired) electrons. The van der Waals surface area contributed by atoms with E-state index in [0.717, 1.165) is 0 Å². The van der Waals surface area contributed by atoms with E-state index in [1.165, 1.54) is 0 Å². The standard InChI is InChI=1S/C14H26O3Si/c1-9-11(16)12(14(5,6)10-15)17-18(7,8)13(2,3)4/h1,12,15H,10H2,2-8H3. The van der Waals surface area contributed by atoms with Gasteiger partial charge in [-0.2, -0.15) is 0 Å². The van der Waals surface area contributed by atoms with E-state index in [-0.39, 0.29) is 17.4 Å². The van der Waals surface area contributed by atoms with Crippen LogP contribution in [0.4, 0.5) is 0 Å². The van der Waals surface area contributed by atoms with Gasteiger partial charge in [0.15, 0.2) is 8.32 Å². The smallest absolute Gasteiger partial charge is 0.233 e. The van der Waals surface area contributed by atoms with E-state index < -0.39 is 19.8 Å². The van der Waals surface area contributed by atoms with Gasteiger partial charge in [0.25, 0.3) is 0 Å². The van der Waals surface area contributed by atoms with Gasteiger partial charge in [-0.05, 0) is 24.1 Å². The van der Waals surface area contributed by atoms with Gasteiger partial charge < -0.3 is 9.53 Å². The highest BCUT2D eigenvalue weighted by Crippen LogP contribution is 2.39. The Morgan fingerprint density at radius 3 is 2.06 bits per heavy atom. The summed E-state index contributed by atoms with van der Waals surface area (Å²) in [5.41, 5.74) is -0.668. The molecule has 0 aromatic rings. The minimum atomic E-state index is -2.10. The van der Waals surface area contributed by atoms with Crippen molar-refractivity contribution < 1.29 is 14.3 Å². The summed E-state index contributed by atoms with van der Waals surface area (Å²) in [6.07, 6.45) is 4.46. The van der Waals surface area contributed by atoms with Crippen molar-refractivity contribution in [2.45, 2.75) is 58.9 Å². The Kier molecular flexibility index (Phi) is 5.36. The van der Waals surface area contributed by atoms with Crippen LogP contribution in [-0.4, -0.2) is 31.9 Å². The minimum absolute atomic E-state index is 0.00827. The van der Waals surface area contributed by atoms with Crippen LogP contribution >= 0.6 is 0 Å². The first kappa shape index (κ1) is 17.4. The van der Waals surface area contributed by atoms with Crippen LogP contribution in [-0.2, 0) is 9.22 Å². The Balaban J connectivity index is 5.30. The molecule has 3 nitrogen and oxygen atoms in total. The lowest BCUT2D eigenvalue weighted by molar-refractivity contribution is -0.127. The molecular formula is C14H26O3Si. The van der Waals surface area contributed by atoms with Gasteiger partial charge in [-0.1, -0.05) is 34.6 Å². The van der Waals surface area contributed by atoms with Gasteiger partial charge in [0.05, 0.1) is 6.61 Å². The third kappa shape index (κ3) is 3.94. The van der Waals surface area contributed by atoms with E-state index in [0.29, 0.717) is 0 Å². The first-order valence-corrected chi connectivity index (χ1v) is 9.09. The average Bonchev–Trinajstić information content (AvgIpc) is 2.23. The second-order valence-electron chi connectivity index (χ2n) is 6.91. The molecule has 0 saturated carbocycles. The summed E-state index contributed by atoms with van der Waals surface area (Å²) in [7, 11) is -2.10. The topological polar surface area (TPSA) is 46.5 Å². The van der Waals surface area contributed by atoms with Crippen molar-refractivity contribution in [1.29, 1.82) is 0 Å². The van der Waals surface area contributed by atoms with Crippen molar-refractivity contribution in [3.8, 4) is 12.3 Å². The fraction of sp³-hybridized carbons (Fsp3) is 0.786. The van der Waals surface area contributed by atoms with Gasteiger partial charge in [0.1, 0.15) is 6.10 Å². The summed E-state index contributed by atoms with van der Waals surface area (Å²) < 4.78 is 6.10. The zero-order chi connectivity index (χ0) is 14.8. The van der Waals surface area contributed by atoms with E-state index in [1.54, 1.807) is 13.8 Å². The Labute approximate surface area is 112 Å². The Bertz CT molecular complexity index is 345. The van der Waals surface area contributed by atoms with E-state index >= 15 is 0 Å². The summed E-state index contributed by atoms with van der Waals surface area (Å²) in [5, 5.41) is 9.41. The number of Topliss-reactive ketones (excluding diaryl/α,β-unsaturated/α-hetero) is 1. The van der Waals surface area contributed by atoms with Crippen molar-refractivity contribution in [3.63, 3.8) is 0 Å². The highest BCUT2D eigenvalue weighted by Gasteiger charge is 2.44. The first-order valence-electron chi connectivity index (χ1n) is 6.18. The van der Waals surface area contributed by atoms with E-state index in [1.807, 2.05) is 0 Å². The molecule has 0 saturated heterocycles. The fourth-order valence-corrected chi connectivity index (χ4v) is 2.57. The average molecular weight is 270 g/mol. The molecule has 0 bridgehead atoms. The van der Waals surface area contributed by atoms with Crippen LogP contribution < -0.4 is 0 Å². The molecule has 1 N–H and O–H groups in total. The summed E-state index contributed by atoms with van der Waals surface area (Å²) >= 11 is 0. The van der Waals surface area contributed by atoms with Gasteiger partial charge in [-0.3, -0.25) is 4.79 Å². The molecule has 0 heterocycles. The highest BCUT2D eigenvalue weighted by atomic mass is 28.4. The number of ketones is 1. The summed E-state index contributed by atoms with van der Waals surface area (Å²) in [6, 6.07) is 0. The molecule has 0 spiro atoms. The lowest BCUT2D eigenvalue weighted by atomic mass is 9.85. The van der Waals surface area contributed by atoms with Crippen molar-refractivity contribution >= 4 is 14.1 Å².